The quantitative estimate of drug-likeness (QED) is 0.895. The third-order valence-corrected chi connectivity index (χ3v) is 6.23. The Morgan fingerprint density at radius 1 is 1.36 bits per heavy atom. The van der Waals surface area contributed by atoms with Gasteiger partial charge in [-0.3, -0.25) is 4.79 Å². The topological polar surface area (TPSA) is 72.5 Å². The molecule has 1 heterocycles. The molecular weight excluding hydrogens is 302 g/mol. The van der Waals surface area contributed by atoms with Gasteiger partial charge < -0.3 is 10.1 Å². The molecule has 1 aliphatic heterocycles. The first-order valence-corrected chi connectivity index (χ1v) is 9.07. The fourth-order valence-electron chi connectivity index (χ4n) is 2.40. The number of ether oxygens (including phenoxy) is 1. The van der Waals surface area contributed by atoms with Crippen LogP contribution in [0.25, 0.3) is 0 Å². The Balaban J connectivity index is 2.06. The van der Waals surface area contributed by atoms with Crippen LogP contribution in [0, 0.1) is 13.8 Å². The molecule has 0 unspecified atom stereocenters. The predicted octanol–water partition coefficient (Wildman–Crippen LogP) is 1.76. The summed E-state index contributed by atoms with van der Waals surface area (Å²) in [4.78, 5) is 12.3. The van der Waals surface area contributed by atoms with E-state index < -0.39 is 21.0 Å². The van der Waals surface area contributed by atoms with Crippen molar-refractivity contribution in [2.24, 2.45) is 0 Å². The van der Waals surface area contributed by atoms with Gasteiger partial charge in [0.2, 0.25) is 5.91 Å². The van der Waals surface area contributed by atoms with Gasteiger partial charge >= 0.3 is 0 Å². The first kappa shape index (κ1) is 17.0. The van der Waals surface area contributed by atoms with E-state index in [4.69, 9.17) is 4.74 Å². The molecule has 1 fully saturated rings. The van der Waals surface area contributed by atoms with Gasteiger partial charge in [-0.15, -0.1) is 0 Å². The molecule has 0 bridgehead atoms. The molecule has 0 saturated carbocycles. The molecule has 1 aromatic rings. The monoisotopic (exact) mass is 325 g/mol. The molecule has 6 heteroatoms. The highest BCUT2D eigenvalue weighted by atomic mass is 32.2. The van der Waals surface area contributed by atoms with E-state index in [0.717, 1.165) is 24.0 Å². The van der Waals surface area contributed by atoms with Crippen molar-refractivity contribution in [1.82, 2.24) is 5.32 Å². The molecule has 1 amide bonds. The standard InChI is InChI=1S/C16H23NO4S/c1-11-6-7-15(9-12(11)2)22(19,20)13(3)16(18)17-10-14-5-4-8-21-14/h6-7,9,13-14H,4-5,8,10H2,1-3H3,(H,17,18)/t13-,14-/m0/s1. The van der Waals surface area contributed by atoms with E-state index in [9.17, 15) is 13.2 Å². The Morgan fingerprint density at radius 3 is 2.68 bits per heavy atom. The molecule has 0 radical (unpaired) electrons. The number of sulfone groups is 1. The largest absolute Gasteiger partial charge is 0.376 e. The summed E-state index contributed by atoms with van der Waals surface area (Å²) in [5.74, 6) is -0.478. The molecular formula is C16H23NO4S. The molecule has 0 aliphatic carbocycles. The first-order chi connectivity index (χ1) is 10.3. The lowest BCUT2D eigenvalue weighted by Crippen LogP contribution is -2.41. The third-order valence-electron chi connectivity index (χ3n) is 4.17. The maximum Gasteiger partial charge on any atom is 0.238 e. The number of carbonyl (C=O) groups is 1. The van der Waals surface area contributed by atoms with Crippen molar-refractivity contribution in [2.45, 2.75) is 49.9 Å². The molecule has 2 rings (SSSR count). The number of amides is 1. The van der Waals surface area contributed by atoms with Gasteiger partial charge in [0.15, 0.2) is 9.84 Å². The molecule has 0 spiro atoms. The maximum absolute atomic E-state index is 12.5. The Hall–Kier alpha value is -1.40. The minimum atomic E-state index is -3.68. The smallest absolute Gasteiger partial charge is 0.238 e. The Morgan fingerprint density at radius 2 is 2.09 bits per heavy atom. The summed E-state index contributed by atoms with van der Waals surface area (Å²) >= 11 is 0. The number of nitrogens with one attached hydrogen (secondary N) is 1. The van der Waals surface area contributed by atoms with Crippen LogP contribution >= 0.6 is 0 Å². The second-order valence-corrected chi connectivity index (χ2v) is 8.08. The van der Waals surface area contributed by atoms with Gasteiger partial charge in [0, 0.05) is 13.2 Å². The van der Waals surface area contributed by atoms with E-state index in [-0.39, 0.29) is 11.0 Å². The van der Waals surface area contributed by atoms with Gasteiger partial charge in [-0.05, 0) is 56.9 Å². The van der Waals surface area contributed by atoms with Gasteiger partial charge in [-0.25, -0.2) is 8.42 Å². The van der Waals surface area contributed by atoms with Gasteiger partial charge in [0.05, 0.1) is 11.0 Å². The van der Waals surface area contributed by atoms with Crippen molar-refractivity contribution >= 4 is 15.7 Å². The highest BCUT2D eigenvalue weighted by Gasteiger charge is 2.30. The molecule has 2 atom stereocenters. The SMILES string of the molecule is Cc1ccc(S(=O)(=O)[C@@H](C)C(=O)NC[C@@H]2CCCO2)cc1C. The minimum Gasteiger partial charge on any atom is -0.376 e. The van der Waals surface area contributed by atoms with Crippen molar-refractivity contribution in [3.63, 3.8) is 0 Å². The van der Waals surface area contributed by atoms with E-state index >= 15 is 0 Å². The van der Waals surface area contributed by atoms with Crippen LogP contribution in [0.5, 0.6) is 0 Å². The summed E-state index contributed by atoms with van der Waals surface area (Å²) in [7, 11) is -3.68. The van der Waals surface area contributed by atoms with Gasteiger partial charge in [0.1, 0.15) is 5.25 Å². The van der Waals surface area contributed by atoms with Crippen molar-refractivity contribution < 1.29 is 17.9 Å². The third kappa shape index (κ3) is 3.67. The fourth-order valence-corrected chi connectivity index (χ4v) is 3.77. The first-order valence-electron chi connectivity index (χ1n) is 7.53. The van der Waals surface area contributed by atoms with E-state index in [2.05, 4.69) is 5.32 Å². The summed E-state index contributed by atoms with van der Waals surface area (Å²) < 4.78 is 30.5. The van der Waals surface area contributed by atoms with Crippen LogP contribution in [0.1, 0.15) is 30.9 Å². The second kappa shape index (κ2) is 6.79. The summed E-state index contributed by atoms with van der Waals surface area (Å²) in [5, 5.41) is 1.57. The zero-order valence-corrected chi connectivity index (χ0v) is 14.1. The van der Waals surface area contributed by atoms with Crippen LogP contribution in [-0.4, -0.2) is 38.8 Å². The van der Waals surface area contributed by atoms with E-state index in [0.29, 0.717) is 13.2 Å². The fraction of sp³-hybridized carbons (Fsp3) is 0.562. The lowest BCUT2D eigenvalue weighted by atomic mass is 10.1. The molecule has 5 nitrogen and oxygen atoms in total. The van der Waals surface area contributed by atoms with Crippen molar-refractivity contribution in [3.8, 4) is 0 Å². The van der Waals surface area contributed by atoms with Crippen molar-refractivity contribution in [3.05, 3.63) is 29.3 Å². The Labute approximate surface area is 132 Å². The van der Waals surface area contributed by atoms with Crippen LogP contribution in [0.3, 0.4) is 0 Å². The van der Waals surface area contributed by atoms with E-state index in [1.54, 1.807) is 18.2 Å². The van der Waals surface area contributed by atoms with E-state index in [1.807, 2.05) is 13.8 Å². The average Bonchev–Trinajstić information content (AvgIpc) is 3.00. The molecule has 1 saturated heterocycles. The predicted molar refractivity (Wildman–Crippen MR) is 84.5 cm³/mol. The Kier molecular flexibility index (Phi) is 5.24. The number of aryl methyl sites for hydroxylation is 2. The van der Waals surface area contributed by atoms with Crippen LogP contribution in [0.4, 0.5) is 0 Å². The molecule has 0 aromatic heterocycles. The number of benzene rings is 1. The minimum absolute atomic E-state index is 0.000438. The normalized spacial score (nSPS) is 19.9. The summed E-state index contributed by atoms with van der Waals surface area (Å²) in [6.45, 7) is 6.28. The number of carbonyl (C=O) groups excluding carboxylic acids is 1. The molecule has 122 valence electrons. The lowest BCUT2D eigenvalue weighted by Gasteiger charge is -2.16. The lowest BCUT2D eigenvalue weighted by molar-refractivity contribution is -0.120. The van der Waals surface area contributed by atoms with Crippen molar-refractivity contribution in [1.29, 1.82) is 0 Å². The number of rotatable bonds is 5. The van der Waals surface area contributed by atoms with Gasteiger partial charge in [-0.1, -0.05) is 6.07 Å². The molecule has 1 aliphatic rings. The van der Waals surface area contributed by atoms with Crippen LogP contribution < -0.4 is 5.32 Å². The number of hydrogen-bond acceptors (Lipinski definition) is 4. The van der Waals surface area contributed by atoms with Crippen LogP contribution in [0.15, 0.2) is 23.1 Å². The van der Waals surface area contributed by atoms with E-state index in [1.165, 1.54) is 6.92 Å². The Bertz CT molecular complexity index is 648. The summed E-state index contributed by atoms with van der Waals surface area (Å²) in [6.07, 6.45) is 1.88. The van der Waals surface area contributed by atoms with Crippen molar-refractivity contribution in [2.75, 3.05) is 13.2 Å². The zero-order valence-electron chi connectivity index (χ0n) is 13.3. The number of hydrogen-bond donors (Lipinski definition) is 1. The van der Waals surface area contributed by atoms with Gasteiger partial charge in [-0.2, -0.15) is 0 Å². The second-order valence-electron chi connectivity index (χ2n) is 5.81. The zero-order chi connectivity index (χ0) is 16.3. The summed E-state index contributed by atoms with van der Waals surface area (Å²) in [6, 6.07) is 4.94. The van der Waals surface area contributed by atoms with Crippen LogP contribution in [-0.2, 0) is 19.4 Å². The molecule has 22 heavy (non-hydrogen) atoms. The highest BCUT2D eigenvalue weighted by molar-refractivity contribution is 7.92. The summed E-state index contributed by atoms with van der Waals surface area (Å²) in [5.41, 5.74) is 1.92. The average molecular weight is 325 g/mol. The van der Waals surface area contributed by atoms with Crippen LogP contribution in [0.2, 0.25) is 0 Å². The maximum atomic E-state index is 12.5. The molecule has 1 N–H and O–H groups in total. The molecule has 1 aromatic carbocycles. The highest BCUT2D eigenvalue weighted by Crippen LogP contribution is 2.20. The van der Waals surface area contributed by atoms with Gasteiger partial charge in [0.25, 0.3) is 0 Å².